The summed E-state index contributed by atoms with van der Waals surface area (Å²) >= 11 is 0.734. The number of rotatable bonds is 6. The average Bonchev–Trinajstić information content (AvgIpc) is 2.41. The van der Waals surface area contributed by atoms with Crippen molar-refractivity contribution >= 4 is 17.7 Å². The van der Waals surface area contributed by atoms with Crippen LogP contribution in [-0.4, -0.2) is 29.6 Å². The van der Waals surface area contributed by atoms with Gasteiger partial charge in [-0.15, -0.1) is 11.8 Å². The molecule has 1 aromatic rings. The lowest BCUT2D eigenvalue weighted by Gasteiger charge is -2.15. The maximum Gasteiger partial charge on any atom is 0.225 e. The van der Waals surface area contributed by atoms with Gasteiger partial charge in [0.1, 0.15) is 30.5 Å². The Balaban J connectivity index is 2.60. The van der Waals surface area contributed by atoms with Crippen molar-refractivity contribution in [3.05, 3.63) is 29.6 Å². The molecule has 0 bridgehead atoms. The molecule has 0 saturated heterocycles. The van der Waals surface area contributed by atoms with Crippen molar-refractivity contribution in [2.75, 3.05) is 18.8 Å². The molecule has 0 aliphatic rings. The zero-order chi connectivity index (χ0) is 15.8. The minimum absolute atomic E-state index is 0.0473. The highest BCUT2D eigenvalue weighted by molar-refractivity contribution is 7.99. The van der Waals surface area contributed by atoms with Gasteiger partial charge in [0, 0.05) is 24.3 Å². The van der Waals surface area contributed by atoms with Gasteiger partial charge in [0.25, 0.3) is 0 Å². The molecule has 0 aromatic heterocycles. The molecule has 21 heavy (non-hydrogen) atoms. The third kappa shape index (κ3) is 5.01. The molecule has 1 aromatic carbocycles. The monoisotopic (exact) mass is 313 g/mol. The van der Waals surface area contributed by atoms with E-state index in [1.54, 1.807) is 12.1 Å². The van der Waals surface area contributed by atoms with Crippen LogP contribution >= 0.6 is 11.8 Å². The minimum atomic E-state index is -1.03. The first kappa shape index (κ1) is 16.9. The standard InChI is InChI=1S/C13H10F3N3OS/c14-9-7-10(15)13(11(16)8-9)21-6-1-12(20)19(4-2-17)5-3-18/h7-8H,1,4-6H2. The van der Waals surface area contributed by atoms with Crippen LogP contribution in [0.5, 0.6) is 0 Å². The quantitative estimate of drug-likeness (QED) is 0.597. The van der Waals surface area contributed by atoms with Crippen LogP contribution in [0.25, 0.3) is 0 Å². The summed E-state index contributed by atoms with van der Waals surface area (Å²) in [6.45, 7) is -0.452. The summed E-state index contributed by atoms with van der Waals surface area (Å²) < 4.78 is 39.4. The third-order valence-electron chi connectivity index (χ3n) is 2.40. The summed E-state index contributed by atoms with van der Waals surface area (Å²) in [5.74, 6) is -3.49. The predicted octanol–water partition coefficient (Wildman–Crippen LogP) is 2.46. The van der Waals surface area contributed by atoms with Gasteiger partial charge in [0.05, 0.1) is 17.0 Å². The number of halogens is 3. The molecule has 0 atom stereocenters. The Hall–Kier alpha value is -2.19. The molecule has 1 amide bonds. The molecule has 0 saturated carbocycles. The largest absolute Gasteiger partial charge is 0.316 e. The maximum absolute atomic E-state index is 13.4. The lowest BCUT2D eigenvalue weighted by Crippen LogP contribution is -2.31. The van der Waals surface area contributed by atoms with Gasteiger partial charge in [-0.05, 0) is 0 Å². The van der Waals surface area contributed by atoms with Gasteiger partial charge in [0.15, 0.2) is 0 Å². The fraction of sp³-hybridized carbons (Fsp3) is 0.308. The number of thioether (sulfide) groups is 1. The number of hydrogen-bond donors (Lipinski definition) is 0. The first-order valence-corrected chi connectivity index (χ1v) is 6.77. The van der Waals surface area contributed by atoms with Crippen molar-refractivity contribution in [3.63, 3.8) is 0 Å². The molecular formula is C13H10F3N3OS. The number of nitrogens with zero attached hydrogens (tertiary/aromatic N) is 3. The molecule has 0 spiro atoms. The van der Waals surface area contributed by atoms with Crippen LogP contribution in [0.15, 0.2) is 17.0 Å². The lowest BCUT2D eigenvalue weighted by atomic mass is 10.3. The Bertz CT molecular complexity index is 571. The molecule has 8 heteroatoms. The second-order valence-corrected chi connectivity index (χ2v) is 4.97. The Labute approximate surface area is 123 Å². The van der Waals surface area contributed by atoms with E-state index in [-0.39, 0.29) is 30.2 Å². The van der Waals surface area contributed by atoms with E-state index in [9.17, 15) is 18.0 Å². The molecule has 0 N–H and O–H groups in total. The van der Waals surface area contributed by atoms with Crippen LogP contribution < -0.4 is 0 Å². The van der Waals surface area contributed by atoms with Gasteiger partial charge in [-0.25, -0.2) is 13.2 Å². The average molecular weight is 313 g/mol. The lowest BCUT2D eigenvalue weighted by molar-refractivity contribution is -0.129. The van der Waals surface area contributed by atoms with Crippen LogP contribution in [0.4, 0.5) is 13.2 Å². The van der Waals surface area contributed by atoms with Gasteiger partial charge >= 0.3 is 0 Å². The Morgan fingerprint density at radius 2 is 1.67 bits per heavy atom. The summed E-state index contributed by atoms with van der Waals surface area (Å²) in [4.78, 5) is 12.4. The minimum Gasteiger partial charge on any atom is -0.316 e. The van der Waals surface area contributed by atoms with Crippen LogP contribution in [0, 0.1) is 40.1 Å². The van der Waals surface area contributed by atoms with Gasteiger partial charge < -0.3 is 4.90 Å². The van der Waals surface area contributed by atoms with E-state index in [0.717, 1.165) is 16.7 Å². The number of carbonyl (C=O) groups excluding carboxylic acids is 1. The number of carbonyl (C=O) groups is 1. The molecule has 1 rings (SSSR count). The van der Waals surface area contributed by atoms with Gasteiger partial charge in [-0.1, -0.05) is 0 Å². The molecule has 0 radical (unpaired) electrons. The van der Waals surface area contributed by atoms with Crippen molar-refractivity contribution < 1.29 is 18.0 Å². The van der Waals surface area contributed by atoms with Crippen molar-refractivity contribution in [1.29, 1.82) is 10.5 Å². The zero-order valence-corrected chi connectivity index (χ0v) is 11.6. The van der Waals surface area contributed by atoms with E-state index in [1.165, 1.54) is 0 Å². The molecule has 0 fully saturated rings. The molecular weight excluding hydrogens is 303 g/mol. The number of amides is 1. The van der Waals surface area contributed by atoms with Crippen LogP contribution in [0.3, 0.4) is 0 Å². The molecule has 4 nitrogen and oxygen atoms in total. The fourth-order valence-corrected chi connectivity index (χ4v) is 2.34. The number of hydrogen-bond acceptors (Lipinski definition) is 4. The van der Waals surface area contributed by atoms with E-state index in [4.69, 9.17) is 10.5 Å². The molecule has 0 unspecified atom stereocenters. The SMILES string of the molecule is N#CCN(CC#N)C(=O)CCSc1c(F)cc(F)cc1F. The van der Waals surface area contributed by atoms with E-state index >= 15 is 0 Å². The van der Waals surface area contributed by atoms with Gasteiger partial charge in [-0.2, -0.15) is 10.5 Å². The van der Waals surface area contributed by atoms with Crippen LogP contribution in [0.2, 0.25) is 0 Å². The second-order valence-electron chi connectivity index (χ2n) is 3.86. The second kappa shape index (κ2) is 8.18. The van der Waals surface area contributed by atoms with Crippen molar-refractivity contribution in [2.24, 2.45) is 0 Å². The molecule has 110 valence electrons. The van der Waals surface area contributed by atoms with Gasteiger partial charge in [0.2, 0.25) is 5.91 Å². The van der Waals surface area contributed by atoms with Crippen LogP contribution in [-0.2, 0) is 4.79 Å². The smallest absolute Gasteiger partial charge is 0.225 e. The number of benzene rings is 1. The Morgan fingerprint density at radius 1 is 1.14 bits per heavy atom. The van der Waals surface area contributed by atoms with E-state index < -0.39 is 23.4 Å². The first-order chi connectivity index (χ1) is 9.99. The topological polar surface area (TPSA) is 67.9 Å². The Morgan fingerprint density at radius 3 is 2.14 bits per heavy atom. The van der Waals surface area contributed by atoms with Crippen molar-refractivity contribution in [3.8, 4) is 12.1 Å². The summed E-state index contributed by atoms with van der Waals surface area (Å²) in [6.07, 6.45) is -0.0930. The molecule has 0 aliphatic heterocycles. The third-order valence-corrected chi connectivity index (χ3v) is 3.49. The van der Waals surface area contributed by atoms with Crippen molar-refractivity contribution in [2.45, 2.75) is 11.3 Å². The first-order valence-electron chi connectivity index (χ1n) is 5.78. The fourth-order valence-electron chi connectivity index (χ4n) is 1.47. The van der Waals surface area contributed by atoms with Crippen molar-refractivity contribution in [1.82, 2.24) is 4.90 Å². The summed E-state index contributed by atoms with van der Waals surface area (Å²) in [6, 6.07) is 4.62. The van der Waals surface area contributed by atoms with E-state index in [1.807, 2.05) is 0 Å². The highest BCUT2D eigenvalue weighted by Crippen LogP contribution is 2.26. The van der Waals surface area contributed by atoms with E-state index in [0.29, 0.717) is 12.1 Å². The van der Waals surface area contributed by atoms with Crippen LogP contribution in [0.1, 0.15) is 6.42 Å². The summed E-state index contributed by atoms with van der Waals surface area (Å²) in [7, 11) is 0. The number of nitriles is 2. The summed E-state index contributed by atoms with van der Waals surface area (Å²) in [5.41, 5.74) is 0. The molecule has 0 heterocycles. The highest BCUT2D eigenvalue weighted by atomic mass is 32.2. The zero-order valence-electron chi connectivity index (χ0n) is 10.8. The maximum atomic E-state index is 13.4. The molecule has 0 aliphatic carbocycles. The summed E-state index contributed by atoms with van der Waals surface area (Å²) in [5, 5.41) is 17.0. The normalized spacial score (nSPS) is 9.76. The highest BCUT2D eigenvalue weighted by Gasteiger charge is 2.15. The Kier molecular flexibility index (Phi) is 6.57. The van der Waals surface area contributed by atoms with E-state index in [2.05, 4.69) is 0 Å². The van der Waals surface area contributed by atoms with Gasteiger partial charge in [-0.3, -0.25) is 4.79 Å². The predicted molar refractivity (Wildman–Crippen MR) is 69.5 cm³/mol.